The van der Waals surface area contributed by atoms with Gasteiger partial charge in [-0.25, -0.2) is 4.79 Å². The Balaban J connectivity index is 1.86. The smallest absolute Gasteiger partial charge is 0.319 e. The zero-order chi connectivity index (χ0) is 17.0. The van der Waals surface area contributed by atoms with Gasteiger partial charge in [-0.1, -0.05) is 39.5 Å². The molecule has 0 radical (unpaired) electrons. The number of likely N-dealkylation sites (tertiary alicyclic amines) is 1. The van der Waals surface area contributed by atoms with Crippen LogP contribution in [0.25, 0.3) is 0 Å². The highest BCUT2D eigenvalue weighted by Crippen LogP contribution is 2.23. The molecule has 1 aliphatic heterocycles. The number of carbonyl (C=O) groups is 2. The molecule has 1 atom stereocenters. The van der Waals surface area contributed by atoms with Crippen LogP contribution < -0.4 is 10.6 Å². The number of rotatable bonds is 3. The maximum atomic E-state index is 12.1. The van der Waals surface area contributed by atoms with Crippen molar-refractivity contribution in [1.29, 1.82) is 0 Å². The fourth-order valence-electron chi connectivity index (χ4n) is 2.61. The third-order valence-electron chi connectivity index (χ3n) is 4.02. The lowest BCUT2D eigenvalue weighted by Crippen LogP contribution is -2.40. The van der Waals surface area contributed by atoms with Crippen LogP contribution in [0.2, 0.25) is 0 Å². The van der Waals surface area contributed by atoms with Crippen molar-refractivity contribution in [2.24, 2.45) is 0 Å². The van der Waals surface area contributed by atoms with Gasteiger partial charge in [-0.15, -0.1) is 0 Å². The Labute approximate surface area is 137 Å². The molecule has 5 heteroatoms. The van der Waals surface area contributed by atoms with Gasteiger partial charge >= 0.3 is 6.03 Å². The third kappa shape index (κ3) is 4.58. The van der Waals surface area contributed by atoms with Gasteiger partial charge in [0.1, 0.15) is 0 Å². The monoisotopic (exact) mass is 315 g/mol. The Kier molecular flexibility index (Phi) is 5.08. The normalized spacial score (nSPS) is 17.7. The van der Waals surface area contributed by atoms with Crippen LogP contribution in [0.1, 0.15) is 32.8 Å². The molecule has 1 saturated heterocycles. The second-order valence-corrected chi connectivity index (χ2v) is 6.90. The van der Waals surface area contributed by atoms with Crippen LogP contribution in [0.4, 0.5) is 10.5 Å². The van der Waals surface area contributed by atoms with Crippen molar-refractivity contribution in [1.82, 2.24) is 10.2 Å². The Bertz CT molecular complexity index is 587. The predicted octanol–water partition coefficient (Wildman–Crippen LogP) is 2.89. The van der Waals surface area contributed by atoms with Gasteiger partial charge in [0, 0.05) is 24.8 Å². The summed E-state index contributed by atoms with van der Waals surface area (Å²) in [6.07, 6.45) is 2.06. The van der Waals surface area contributed by atoms with Crippen molar-refractivity contribution in [3.05, 3.63) is 42.5 Å². The minimum atomic E-state index is -0.244. The zero-order valence-electron chi connectivity index (χ0n) is 14.1. The maximum absolute atomic E-state index is 12.1. The van der Waals surface area contributed by atoms with Crippen LogP contribution in [0.3, 0.4) is 0 Å². The quantitative estimate of drug-likeness (QED) is 0.843. The molecule has 5 nitrogen and oxygen atoms in total. The highest BCUT2D eigenvalue weighted by Gasteiger charge is 2.25. The molecule has 1 aromatic carbocycles. The summed E-state index contributed by atoms with van der Waals surface area (Å²) >= 11 is 0. The van der Waals surface area contributed by atoms with Crippen LogP contribution in [-0.4, -0.2) is 36.0 Å². The average Bonchev–Trinajstić information content (AvgIpc) is 2.94. The lowest BCUT2D eigenvalue weighted by Gasteiger charge is -2.19. The Morgan fingerprint density at radius 2 is 1.91 bits per heavy atom. The van der Waals surface area contributed by atoms with E-state index in [-0.39, 0.29) is 23.4 Å². The summed E-state index contributed by atoms with van der Waals surface area (Å²) in [5, 5.41) is 5.73. The molecular formula is C18H25N3O2. The summed E-state index contributed by atoms with van der Waals surface area (Å²) in [6.45, 7) is 11.1. The number of nitrogens with zero attached hydrogens (tertiary/aromatic N) is 1. The number of nitrogens with one attached hydrogen (secondary N) is 2. The number of carbonyl (C=O) groups excluding carboxylic acids is 2. The lowest BCUT2D eigenvalue weighted by molar-refractivity contribution is -0.125. The first-order chi connectivity index (χ1) is 10.8. The molecule has 124 valence electrons. The molecule has 2 rings (SSSR count). The first-order valence-corrected chi connectivity index (χ1v) is 7.89. The average molecular weight is 315 g/mol. The van der Waals surface area contributed by atoms with E-state index in [2.05, 4.69) is 38.0 Å². The van der Waals surface area contributed by atoms with Crippen molar-refractivity contribution >= 4 is 17.6 Å². The summed E-state index contributed by atoms with van der Waals surface area (Å²) in [5.74, 6) is -0.0903. The number of urea groups is 1. The molecule has 23 heavy (non-hydrogen) atoms. The first-order valence-electron chi connectivity index (χ1n) is 7.89. The van der Waals surface area contributed by atoms with Crippen LogP contribution in [0, 0.1) is 0 Å². The van der Waals surface area contributed by atoms with Crippen LogP contribution in [0.15, 0.2) is 36.9 Å². The molecule has 0 aliphatic carbocycles. The van der Waals surface area contributed by atoms with Gasteiger partial charge in [-0.2, -0.15) is 0 Å². The third-order valence-corrected chi connectivity index (χ3v) is 4.02. The Hall–Kier alpha value is -2.30. The summed E-state index contributed by atoms with van der Waals surface area (Å²) in [7, 11) is 0. The summed E-state index contributed by atoms with van der Waals surface area (Å²) in [4.78, 5) is 25.3. The largest absolute Gasteiger partial charge is 0.337 e. The molecule has 1 aliphatic rings. The van der Waals surface area contributed by atoms with Gasteiger partial charge in [-0.05, 0) is 35.6 Å². The molecule has 0 unspecified atom stereocenters. The van der Waals surface area contributed by atoms with Crippen LogP contribution in [0.5, 0.6) is 0 Å². The van der Waals surface area contributed by atoms with Gasteiger partial charge < -0.3 is 15.5 Å². The summed E-state index contributed by atoms with van der Waals surface area (Å²) in [5.41, 5.74) is 2.07. The highest BCUT2D eigenvalue weighted by atomic mass is 16.2. The summed E-state index contributed by atoms with van der Waals surface area (Å²) in [6, 6.07) is 7.59. The van der Waals surface area contributed by atoms with E-state index in [1.54, 1.807) is 4.90 Å². The van der Waals surface area contributed by atoms with Crippen LogP contribution in [-0.2, 0) is 10.2 Å². The Morgan fingerprint density at radius 3 is 2.48 bits per heavy atom. The minimum Gasteiger partial charge on any atom is -0.337 e. The Morgan fingerprint density at radius 1 is 1.26 bits per heavy atom. The topological polar surface area (TPSA) is 61.4 Å². The summed E-state index contributed by atoms with van der Waals surface area (Å²) < 4.78 is 0. The molecule has 0 bridgehead atoms. The molecule has 1 fully saturated rings. The number of benzene rings is 1. The van der Waals surface area contributed by atoms with Crippen molar-refractivity contribution in [2.75, 3.05) is 18.4 Å². The predicted molar refractivity (Wildman–Crippen MR) is 92.5 cm³/mol. The molecule has 1 heterocycles. The van der Waals surface area contributed by atoms with Crippen molar-refractivity contribution in [2.45, 2.75) is 38.6 Å². The second kappa shape index (κ2) is 6.86. The van der Waals surface area contributed by atoms with E-state index in [0.717, 1.165) is 12.1 Å². The fourth-order valence-corrected chi connectivity index (χ4v) is 2.61. The van der Waals surface area contributed by atoms with Crippen LogP contribution >= 0.6 is 0 Å². The van der Waals surface area contributed by atoms with E-state index in [9.17, 15) is 9.59 Å². The number of hydrogen-bond donors (Lipinski definition) is 2. The second-order valence-electron chi connectivity index (χ2n) is 6.90. The minimum absolute atomic E-state index is 0.0206. The lowest BCUT2D eigenvalue weighted by atomic mass is 9.87. The van der Waals surface area contributed by atoms with E-state index < -0.39 is 0 Å². The van der Waals surface area contributed by atoms with Gasteiger partial charge in [0.15, 0.2) is 0 Å². The van der Waals surface area contributed by atoms with Gasteiger partial charge in [0.2, 0.25) is 5.91 Å². The number of amides is 3. The van der Waals surface area contributed by atoms with Crippen molar-refractivity contribution < 1.29 is 9.59 Å². The van der Waals surface area contributed by atoms with Gasteiger partial charge in [0.05, 0.1) is 0 Å². The standard InChI is InChI=1S/C18H25N3O2/c1-5-16(22)21-11-10-15(12-21)20-17(23)19-14-8-6-13(7-9-14)18(2,3)4/h5-9,15H,1,10-12H2,2-4H3,(H2,19,20,23)/t15-/m1/s1. The highest BCUT2D eigenvalue weighted by molar-refractivity contribution is 5.90. The van der Waals surface area contributed by atoms with Gasteiger partial charge in [-0.3, -0.25) is 4.79 Å². The van der Waals surface area contributed by atoms with Gasteiger partial charge in [0.25, 0.3) is 0 Å². The van der Waals surface area contributed by atoms with E-state index in [4.69, 9.17) is 0 Å². The molecule has 0 saturated carbocycles. The van der Waals surface area contributed by atoms with E-state index >= 15 is 0 Å². The first kappa shape index (κ1) is 17.1. The molecule has 1 aromatic rings. The van der Waals surface area contributed by atoms with Crippen molar-refractivity contribution in [3.8, 4) is 0 Å². The zero-order valence-corrected chi connectivity index (χ0v) is 14.1. The van der Waals surface area contributed by atoms with E-state index in [0.29, 0.717) is 13.1 Å². The molecule has 0 spiro atoms. The van der Waals surface area contributed by atoms with E-state index in [1.165, 1.54) is 11.6 Å². The molecule has 3 amide bonds. The molecular weight excluding hydrogens is 290 g/mol. The SMILES string of the molecule is C=CC(=O)N1CC[C@@H](NC(=O)Nc2ccc(C(C)(C)C)cc2)C1. The molecule has 0 aromatic heterocycles. The molecule has 2 N–H and O–H groups in total. The number of anilines is 1. The number of hydrogen-bond acceptors (Lipinski definition) is 2. The maximum Gasteiger partial charge on any atom is 0.319 e. The van der Waals surface area contributed by atoms with E-state index in [1.807, 2.05) is 24.3 Å². The van der Waals surface area contributed by atoms with Crippen molar-refractivity contribution in [3.63, 3.8) is 0 Å². The fraction of sp³-hybridized carbons (Fsp3) is 0.444.